The summed E-state index contributed by atoms with van der Waals surface area (Å²) in [5, 5.41) is 81.5. The summed E-state index contributed by atoms with van der Waals surface area (Å²) in [6.45, 7) is -1.31. The van der Waals surface area contributed by atoms with Crippen molar-refractivity contribution in [2.75, 3.05) is 34.0 Å². The van der Waals surface area contributed by atoms with Crippen molar-refractivity contribution in [2.24, 2.45) is 11.8 Å². The maximum Gasteiger partial charge on any atom is 0.186 e. The van der Waals surface area contributed by atoms with E-state index in [-0.39, 0.29) is 36.0 Å². The number of aliphatic hydroxyl groups excluding tert-OH is 6. The van der Waals surface area contributed by atoms with Gasteiger partial charge in [-0.15, -0.1) is 0 Å². The Bertz CT molecular complexity index is 1030. The second kappa shape index (κ2) is 13.4. The van der Waals surface area contributed by atoms with Gasteiger partial charge in [-0.2, -0.15) is 0 Å². The Morgan fingerprint density at radius 3 is 2.11 bits per heavy atom. The molecule has 12 nitrogen and oxygen atoms in total. The van der Waals surface area contributed by atoms with Crippen molar-refractivity contribution in [2.45, 2.75) is 43.2 Å². The molecule has 2 aromatic rings. The Morgan fingerprint density at radius 2 is 1.50 bits per heavy atom. The zero-order valence-electron chi connectivity index (χ0n) is 21.1. The molecule has 12 heteroatoms. The van der Waals surface area contributed by atoms with E-state index >= 15 is 0 Å². The second-order valence-corrected chi connectivity index (χ2v) is 9.22. The molecule has 1 aliphatic heterocycles. The first kappa shape index (κ1) is 29.9. The van der Waals surface area contributed by atoms with E-state index in [9.17, 15) is 40.9 Å². The minimum absolute atomic E-state index is 0.0597. The first-order valence-corrected chi connectivity index (χ1v) is 12.1. The Labute approximate surface area is 219 Å². The Kier molecular flexibility index (Phi) is 10.5. The summed E-state index contributed by atoms with van der Waals surface area (Å²) >= 11 is 0. The van der Waals surface area contributed by atoms with Crippen molar-refractivity contribution < 1.29 is 59.8 Å². The van der Waals surface area contributed by atoms with Gasteiger partial charge in [-0.1, -0.05) is 12.1 Å². The van der Waals surface area contributed by atoms with Crippen molar-refractivity contribution in [3.05, 3.63) is 47.5 Å². The fourth-order valence-electron chi connectivity index (χ4n) is 4.52. The standard InChI is InChI=1S/C26H36O12/c1-35-19-8-13(3-5-17(19)29)7-15(10-27)16(22(31)14-4-6-18(30)20(9-14)36-2)12-37-26-25(34)24(33)23(32)21(11-28)38-26/h3-6,8-9,15-16,21-34H,7,10-12H2,1-2H3. The Morgan fingerprint density at radius 1 is 0.868 bits per heavy atom. The minimum atomic E-state index is -1.65. The molecule has 0 spiro atoms. The number of aliphatic hydroxyl groups is 6. The van der Waals surface area contributed by atoms with Crippen LogP contribution in [-0.4, -0.2) is 106 Å². The highest BCUT2D eigenvalue weighted by atomic mass is 16.7. The molecule has 1 fully saturated rings. The van der Waals surface area contributed by atoms with Crippen molar-refractivity contribution in [1.82, 2.24) is 0 Å². The molecule has 0 amide bonds. The number of benzene rings is 2. The number of rotatable bonds is 12. The van der Waals surface area contributed by atoms with Crippen molar-refractivity contribution in [1.29, 1.82) is 0 Å². The summed E-state index contributed by atoms with van der Waals surface area (Å²) in [5.74, 6) is -1.30. The molecular weight excluding hydrogens is 504 g/mol. The van der Waals surface area contributed by atoms with Gasteiger partial charge in [0.2, 0.25) is 0 Å². The highest BCUT2D eigenvalue weighted by Gasteiger charge is 2.44. The number of aromatic hydroxyl groups is 2. The fraction of sp³-hybridized carbons (Fsp3) is 0.538. The number of hydrogen-bond donors (Lipinski definition) is 8. The van der Waals surface area contributed by atoms with E-state index in [1.54, 1.807) is 12.1 Å². The topological polar surface area (TPSA) is 199 Å². The van der Waals surface area contributed by atoms with Gasteiger partial charge in [0, 0.05) is 12.5 Å². The normalized spacial score (nSPS) is 25.9. The lowest BCUT2D eigenvalue weighted by Gasteiger charge is -2.40. The van der Waals surface area contributed by atoms with Crippen LogP contribution < -0.4 is 9.47 Å². The number of phenolic OH excluding ortho intramolecular Hbond substituents is 2. The lowest BCUT2D eigenvalue weighted by atomic mass is 9.81. The van der Waals surface area contributed by atoms with Crippen LogP contribution in [0, 0.1) is 11.8 Å². The van der Waals surface area contributed by atoms with Crippen molar-refractivity contribution >= 4 is 0 Å². The molecule has 3 rings (SSSR count). The van der Waals surface area contributed by atoms with Gasteiger partial charge in [0.25, 0.3) is 0 Å². The van der Waals surface area contributed by atoms with Gasteiger partial charge in [-0.25, -0.2) is 0 Å². The average molecular weight is 541 g/mol. The molecule has 0 bridgehead atoms. The molecule has 1 saturated heterocycles. The molecule has 8 atom stereocenters. The number of methoxy groups -OCH3 is 2. The molecule has 1 aliphatic rings. The predicted octanol–water partition coefficient (Wildman–Crippen LogP) is -0.568. The summed E-state index contributed by atoms with van der Waals surface area (Å²) in [5.41, 5.74) is 1.04. The third-order valence-corrected chi connectivity index (χ3v) is 6.83. The molecule has 8 N–H and O–H groups in total. The van der Waals surface area contributed by atoms with Crippen LogP contribution in [0.25, 0.3) is 0 Å². The van der Waals surface area contributed by atoms with E-state index in [0.29, 0.717) is 11.1 Å². The van der Waals surface area contributed by atoms with E-state index in [0.717, 1.165) is 0 Å². The van der Waals surface area contributed by atoms with Crippen LogP contribution in [0.1, 0.15) is 17.2 Å². The predicted molar refractivity (Wildman–Crippen MR) is 132 cm³/mol. The van der Waals surface area contributed by atoms with E-state index in [2.05, 4.69) is 0 Å². The Hall–Kier alpha value is -2.68. The van der Waals surface area contributed by atoms with Crippen LogP contribution in [-0.2, 0) is 15.9 Å². The number of ether oxygens (including phenoxy) is 4. The third-order valence-electron chi connectivity index (χ3n) is 6.83. The van der Waals surface area contributed by atoms with Crippen molar-refractivity contribution in [3.63, 3.8) is 0 Å². The monoisotopic (exact) mass is 540 g/mol. The molecule has 0 radical (unpaired) electrons. The van der Waals surface area contributed by atoms with Crippen LogP contribution in [0.4, 0.5) is 0 Å². The zero-order chi connectivity index (χ0) is 28.0. The zero-order valence-corrected chi connectivity index (χ0v) is 21.1. The summed E-state index contributed by atoms with van der Waals surface area (Å²) in [6, 6.07) is 8.98. The van der Waals surface area contributed by atoms with Gasteiger partial charge in [-0.3, -0.25) is 0 Å². The summed E-state index contributed by atoms with van der Waals surface area (Å²) in [6.07, 6.45) is -8.51. The SMILES string of the molecule is COc1cc(CC(CO)C(COC2OC(CO)C(O)C(O)C2O)C(O)c2ccc(O)c(OC)c2)ccc1O. The van der Waals surface area contributed by atoms with E-state index in [1.807, 2.05) is 0 Å². The highest BCUT2D eigenvalue weighted by Crippen LogP contribution is 2.37. The quantitative estimate of drug-likeness (QED) is 0.171. The fourth-order valence-corrected chi connectivity index (χ4v) is 4.52. The molecule has 1 heterocycles. The van der Waals surface area contributed by atoms with E-state index in [1.165, 1.54) is 38.5 Å². The van der Waals surface area contributed by atoms with Gasteiger partial charge >= 0.3 is 0 Å². The first-order valence-electron chi connectivity index (χ1n) is 12.1. The van der Waals surface area contributed by atoms with Gasteiger partial charge in [0.15, 0.2) is 29.3 Å². The molecule has 0 saturated carbocycles. The second-order valence-electron chi connectivity index (χ2n) is 9.22. The summed E-state index contributed by atoms with van der Waals surface area (Å²) < 4.78 is 21.5. The molecule has 38 heavy (non-hydrogen) atoms. The lowest BCUT2D eigenvalue weighted by molar-refractivity contribution is -0.305. The lowest BCUT2D eigenvalue weighted by Crippen LogP contribution is -2.59. The van der Waals surface area contributed by atoms with Gasteiger partial charge in [-0.05, 0) is 47.7 Å². The minimum Gasteiger partial charge on any atom is -0.504 e. The van der Waals surface area contributed by atoms with Gasteiger partial charge in [0.1, 0.15) is 24.4 Å². The largest absolute Gasteiger partial charge is 0.504 e. The summed E-state index contributed by atoms with van der Waals surface area (Å²) in [4.78, 5) is 0. The van der Waals surface area contributed by atoms with Crippen LogP contribution in [0.5, 0.6) is 23.0 Å². The highest BCUT2D eigenvalue weighted by molar-refractivity contribution is 5.43. The third kappa shape index (κ3) is 6.65. The first-order chi connectivity index (χ1) is 18.1. The molecule has 2 aromatic carbocycles. The van der Waals surface area contributed by atoms with Gasteiger partial charge < -0.3 is 59.8 Å². The molecule has 0 aromatic heterocycles. The smallest absolute Gasteiger partial charge is 0.186 e. The van der Waals surface area contributed by atoms with Crippen molar-refractivity contribution in [3.8, 4) is 23.0 Å². The Balaban J connectivity index is 1.89. The van der Waals surface area contributed by atoms with E-state index < -0.39 is 61.9 Å². The molecule has 212 valence electrons. The van der Waals surface area contributed by atoms with Crippen LogP contribution in [0.2, 0.25) is 0 Å². The summed E-state index contributed by atoms with van der Waals surface area (Å²) in [7, 11) is 2.76. The average Bonchev–Trinajstić information content (AvgIpc) is 2.93. The number of hydrogen-bond acceptors (Lipinski definition) is 12. The number of phenols is 2. The van der Waals surface area contributed by atoms with E-state index in [4.69, 9.17) is 18.9 Å². The molecule has 0 aliphatic carbocycles. The van der Waals surface area contributed by atoms with Crippen LogP contribution >= 0.6 is 0 Å². The maximum absolute atomic E-state index is 11.4. The maximum atomic E-state index is 11.4. The van der Waals surface area contributed by atoms with Gasteiger partial charge in [0.05, 0.1) is 33.5 Å². The molecular formula is C26H36O12. The molecule has 8 unspecified atom stereocenters. The van der Waals surface area contributed by atoms with Crippen LogP contribution in [0.15, 0.2) is 36.4 Å². The van der Waals surface area contributed by atoms with Crippen LogP contribution in [0.3, 0.4) is 0 Å².